The van der Waals surface area contributed by atoms with E-state index >= 15 is 0 Å². The molecule has 3 aromatic rings. The number of hydrogen-bond acceptors (Lipinski definition) is 10. The molecule has 2 aliphatic heterocycles. The predicted octanol–water partition coefficient (Wildman–Crippen LogP) is 2.65. The molecule has 1 aliphatic carbocycles. The number of hydrogen-bond donors (Lipinski definition) is 2. The molecule has 1 saturated heterocycles. The summed E-state index contributed by atoms with van der Waals surface area (Å²) in [6.45, 7) is 6.70. The fraction of sp³-hybridized carbons (Fsp3) is 0.192. The second kappa shape index (κ2) is 9.26. The third kappa shape index (κ3) is 4.54. The van der Waals surface area contributed by atoms with E-state index in [0.717, 1.165) is 22.7 Å². The molecule has 1 amide bonds. The molecule has 2 aromatic heterocycles. The highest BCUT2D eigenvalue weighted by Crippen LogP contribution is 2.29. The fourth-order valence-electron chi connectivity index (χ4n) is 4.23. The van der Waals surface area contributed by atoms with E-state index in [9.17, 15) is 4.79 Å². The first-order chi connectivity index (χ1) is 18.1. The van der Waals surface area contributed by atoms with Crippen LogP contribution in [0.5, 0.6) is 5.75 Å². The highest BCUT2D eigenvalue weighted by atomic mass is 16.5. The molecule has 3 aliphatic rings. The zero-order chi connectivity index (χ0) is 25.4. The van der Waals surface area contributed by atoms with Crippen LogP contribution in [0.1, 0.15) is 5.56 Å². The first kappa shape index (κ1) is 22.5. The summed E-state index contributed by atoms with van der Waals surface area (Å²) >= 11 is 0. The van der Waals surface area contributed by atoms with Crippen LogP contribution >= 0.6 is 0 Å². The normalized spacial score (nSPS) is 18.1. The highest BCUT2D eigenvalue weighted by molar-refractivity contribution is 6.08. The van der Waals surface area contributed by atoms with Gasteiger partial charge in [-0.2, -0.15) is 0 Å². The molecule has 0 radical (unpaired) electrons. The fourth-order valence-corrected chi connectivity index (χ4v) is 4.23. The van der Waals surface area contributed by atoms with E-state index in [1.807, 2.05) is 48.3 Å². The number of rotatable bonds is 7. The third-order valence-corrected chi connectivity index (χ3v) is 6.20. The molecule has 1 aromatic carbocycles. The van der Waals surface area contributed by atoms with Gasteiger partial charge in [-0.15, -0.1) is 0 Å². The summed E-state index contributed by atoms with van der Waals surface area (Å²) in [4.78, 5) is 39.9. The SMILES string of the molecule is C=CC(=O)NC1CN(c2ncc3ncnc(Nc4ccc(OC5=CC6=NC=NC6C=C5)c(C)c4)c3n2)C1. The van der Waals surface area contributed by atoms with E-state index in [1.165, 1.54) is 12.4 Å². The van der Waals surface area contributed by atoms with Crippen LogP contribution in [0.3, 0.4) is 0 Å². The largest absolute Gasteiger partial charge is 0.457 e. The number of allylic oxidation sites excluding steroid dienone is 1. The monoisotopic (exact) mass is 493 g/mol. The average molecular weight is 494 g/mol. The number of nitrogens with one attached hydrogen (secondary N) is 2. The molecule has 4 heterocycles. The Morgan fingerprint density at radius 1 is 1.24 bits per heavy atom. The Bertz CT molecular complexity index is 1540. The molecule has 2 N–H and O–H groups in total. The van der Waals surface area contributed by atoms with E-state index in [0.29, 0.717) is 41.6 Å². The van der Waals surface area contributed by atoms with E-state index in [-0.39, 0.29) is 18.0 Å². The molecule has 11 heteroatoms. The Labute approximate surface area is 212 Å². The van der Waals surface area contributed by atoms with Gasteiger partial charge < -0.3 is 20.3 Å². The highest BCUT2D eigenvalue weighted by Gasteiger charge is 2.29. The van der Waals surface area contributed by atoms with E-state index in [4.69, 9.17) is 9.72 Å². The van der Waals surface area contributed by atoms with Crippen LogP contribution < -0.4 is 20.3 Å². The Morgan fingerprint density at radius 2 is 2.14 bits per heavy atom. The molecule has 0 bridgehead atoms. The van der Waals surface area contributed by atoms with Crippen LogP contribution in [0.25, 0.3) is 11.0 Å². The molecule has 6 rings (SSSR count). The first-order valence-corrected chi connectivity index (χ1v) is 11.8. The van der Waals surface area contributed by atoms with E-state index in [1.54, 1.807) is 12.5 Å². The molecule has 0 spiro atoms. The lowest BCUT2D eigenvalue weighted by Gasteiger charge is -2.39. The lowest BCUT2D eigenvalue weighted by atomic mass is 10.1. The number of carbonyl (C=O) groups is 1. The van der Waals surface area contributed by atoms with Crippen molar-refractivity contribution in [2.75, 3.05) is 23.3 Å². The smallest absolute Gasteiger partial charge is 0.243 e. The number of anilines is 3. The number of aromatic nitrogens is 4. The number of aryl methyl sites for hydroxylation is 1. The summed E-state index contributed by atoms with van der Waals surface area (Å²) in [5, 5.41) is 6.22. The van der Waals surface area contributed by atoms with Crippen LogP contribution in [0, 0.1) is 6.92 Å². The minimum absolute atomic E-state index is 0.00678. The maximum atomic E-state index is 11.5. The summed E-state index contributed by atoms with van der Waals surface area (Å²) in [6.07, 6.45) is 11.8. The van der Waals surface area contributed by atoms with Gasteiger partial charge in [-0.1, -0.05) is 12.7 Å². The number of carbonyl (C=O) groups excluding carboxylic acids is 1. The van der Waals surface area contributed by atoms with Gasteiger partial charge in [-0.05, 0) is 42.8 Å². The van der Waals surface area contributed by atoms with Crippen molar-refractivity contribution in [3.05, 3.63) is 72.9 Å². The van der Waals surface area contributed by atoms with Crippen molar-refractivity contribution < 1.29 is 9.53 Å². The quantitative estimate of drug-likeness (QED) is 0.481. The van der Waals surface area contributed by atoms with Crippen molar-refractivity contribution in [3.63, 3.8) is 0 Å². The van der Waals surface area contributed by atoms with Gasteiger partial charge in [-0.25, -0.2) is 24.9 Å². The number of fused-ring (bicyclic) bond motifs is 2. The summed E-state index contributed by atoms with van der Waals surface area (Å²) < 4.78 is 6.10. The lowest BCUT2D eigenvalue weighted by molar-refractivity contribution is -0.117. The Morgan fingerprint density at radius 3 is 2.97 bits per heavy atom. The summed E-state index contributed by atoms with van der Waals surface area (Å²) in [5.41, 5.74) is 3.90. The van der Waals surface area contributed by atoms with Gasteiger partial charge >= 0.3 is 0 Å². The minimum Gasteiger partial charge on any atom is -0.457 e. The number of aliphatic imine (C=N–C) groups is 2. The molecule has 1 atom stereocenters. The second-order valence-electron chi connectivity index (χ2n) is 8.82. The second-order valence-corrected chi connectivity index (χ2v) is 8.82. The maximum absolute atomic E-state index is 11.5. The Balaban J connectivity index is 1.18. The zero-order valence-corrected chi connectivity index (χ0v) is 20.0. The average Bonchev–Trinajstić information content (AvgIpc) is 3.35. The van der Waals surface area contributed by atoms with Crippen molar-refractivity contribution in [1.29, 1.82) is 0 Å². The summed E-state index contributed by atoms with van der Waals surface area (Å²) in [7, 11) is 0. The van der Waals surface area contributed by atoms with Crippen LogP contribution in [0.15, 0.2) is 77.4 Å². The number of amides is 1. The van der Waals surface area contributed by atoms with Gasteiger partial charge in [0, 0.05) is 24.9 Å². The lowest BCUT2D eigenvalue weighted by Crippen LogP contribution is -2.59. The van der Waals surface area contributed by atoms with Gasteiger partial charge in [0.25, 0.3) is 0 Å². The van der Waals surface area contributed by atoms with E-state index in [2.05, 4.69) is 42.1 Å². The molecule has 1 unspecified atom stereocenters. The number of nitrogens with zero attached hydrogens (tertiary/aromatic N) is 7. The van der Waals surface area contributed by atoms with Crippen LogP contribution in [-0.2, 0) is 4.79 Å². The molecular formula is C26H23N9O2. The molecule has 0 saturated carbocycles. The standard InChI is InChI=1S/C26H23N9O2/c1-3-23(36)32-17-11-35(12-17)26-27-10-21-24(34-26)25(31-14-30-21)33-16-4-7-22(15(2)8-16)37-18-5-6-19-20(9-18)29-13-28-19/h3-10,13-14,17,19H,1,11-12H2,2H3,(H,32,36)(H,30,31,33). The molecule has 11 nitrogen and oxygen atoms in total. The Hall–Kier alpha value is -4.93. The number of benzene rings is 1. The topological polar surface area (TPSA) is 130 Å². The predicted molar refractivity (Wildman–Crippen MR) is 141 cm³/mol. The van der Waals surface area contributed by atoms with Crippen molar-refractivity contribution in [3.8, 4) is 5.75 Å². The van der Waals surface area contributed by atoms with Gasteiger partial charge in [0.15, 0.2) is 5.82 Å². The van der Waals surface area contributed by atoms with Crippen LogP contribution in [-0.4, -0.2) is 63.1 Å². The van der Waals surface area contributed by atoms with E-state index < -0.39 is 0 Å². The molecular weight excluding hydrogens is 470 g/mol. The summed E-state index contributed by atoms with van der Waals surface area (Å²) in [5.74, 6) is 2.40. The van der Waals surface area contributed by atoms with Crippen LogP contribution in [0.4, 0.5) is 17.5 Å². The van der Waals surface area contributed by atoms with Gasteiger partial charge in [0.1, 0.15) is 41.2 Å². The first-order valence-electron chi connectivity index (χ1n) is 11.8. The molecule has 184 valence electrons. The Kier molecular flexibility index (Phi) is 5.64. The number of ether oxygens (including phenoxy) is 1. The molecule has 1 fully saturated rings. The summed E-state index contributed by atoms with van der Waals surface area (Å²) in [6, 6.07) is 5.85. The minimum atomic E-state index is -0.186. The van der Waals surface area contributed by atoms with Crippen molar-refractivity contribution in [1.82, 2.24) is 25.3 Å². The molecule has 37 heavy (non-hydrogen) atoms. The zero-order valence-electron chi connectivity index (χ0n) is 20.0. The van der Waals surface area contributed by atoms with Crippen molar-refractivity contribution in [2.45, 2.75) is 19.0 Å². The van der Waals surface area contributed by atoms with Crippen LogP contribution in [0.2, 0.25) is 0 Å². The van der Waals surface area contributed by atoms with Gasteiger partial charge in [-0.3, -0.25) is 9.79 Å². The maximum Gasteiger partial charge on any atom is 0.243 e. The van der Waals surface area contributed by atoms with Crippen molar-refractivity contribution >= 4 is 46.4 Å². The van der Waals surface area contributed by atoms with Gasteiger partial charge in [0.05, 0.1) is 18.0 Å². The van der Waals surface area contributed by atoms with Crippen molar-refractivity contribution in [2.24, 2.45) is 9.98 Å². The van der Waals surface area contributed by atoms with Gasteiger partial charge in [0.2, 0.25) is 11.9 Å². The third-order valence-electron chi connectivity index (χ3n) is 6.20.